The van der Waals surface area contributed by atoms with E-state index in [1.165, 1.54) is 50.4 Å². The summed E-state index contributed by atoms with van der Waals surface area (Å²) in [6.45, 7) is 4.03. The summed E-state index contributed by atoms with van der Waals surface area (Å²) in [6, 6.07) is -0.127. The molecule has 41 heavy (non-hydrogen) atoms. The van der Waals surface area contributed by atoms with E-state index in [-0.39, 0.29) is 52.2 Å². The molecular weight excluding hydrogens is 549 g/mol. The van der Waals surface area contributed by atoms with Gasteiger partial charge in [0, 0.05) is 31.4 Å². The van der Waals surface area contributed by atoms with Crippen LogP contribution in [0.25, 0.3) is 22.4 Å². The Kier molecular flexibility index (Phi) is 6.72. The highest BCUT2D eigenvalue weighted by Crippen LogP contribution is 2.33. The summed E-state index contributed by atoms with van der Waals surface area (Å²) in [4.78, 5) is 59.5. The number of nitrogens with one attached hydrogen (secondary N) is 1. The van der Waals surface area contributed by atoms with Crippen LogP contribution >= 0.6 is 0 Å². The van der Waals surface area contributed by atoms with E-state index in [4.69, 9.17) is 4.52 Å². The number of hydrogen-bond donors (Lipinski definition) is 1. The minimum Gasteiger partial charge on any atom is -0.340 e. The van der Waals surface area contributed by atoms with Gasteiger partial charge < -0.3 is 14.4 Å². The molecule has 0 saturated carbocycles. The SMILES string of the molecule is Cc1nc(Cn2c(=O)c3c(ncn3[C@@H](C)C(=O)Nc3cncc(-c4cnc(C)c(C(F)(F)F)c4)n3)n(C)c2=O)no1. The lowest BCUT2D eigenvalue weighted by Crippen LogP contribution is -2.40. The molecule has 5 aromatic heterocycles. The fourth-order valence-electron chi connectivity index (χ4n) is 4.15. The van der Waals surface area contributed by atoms with Crippen LogP contribution in [0.3, 0.4) is 0 Å². The van der Waals surface area contributed by atoms with Crippen molar-refractivity contribution in [3.05, 3.63) is 74.8 Å². The van der Waals surface area contributed by atoms with Gasteiger partial charge in [0.05, 0.1) is 36.5 Å². The lowest BCUT2D eigenvalue weighted by molar-refractivity contribution is -0.138. The molecule has 0 aliphatic carbocycles. The number of hydrogen-bond acceptors (Lipinski definition) is 10. The van der Waals surface area contributed by atoms with Gasteiger partial charge in [-0.25, -0.2) is 14.8 Å². The van der Waals surface area contributed by atoms with Gasteiger partial charge in [0.25, 0.3) is 5.56 Å². The summed E-state index contributed by atoms with van der Waals surface area (Å²) in [5.74, 6) is -0.312. The molecule has 0 radical (unpaired) electrons. The molecule has 0 unspecified atom stereocenters. The third kappa shape index (κ3) is 5.08. The maximum atomic E-state index is 13.4. The Hall–Kier alpha value is -5.22. The number of nitrogens with zero attached hydrogens (tertiary/aromatic N) is 9. The topological polar surface area (TPSA) is 169 Å². The Morgan fingerprint density at radius 2 is 1.88 bits per heavy atom. The molecule has 0 spiro atoms. The van der Waals surface area contributed by atoms with Crippen molar-refractivity contribution in [3.8, 4) is 11.3 Å². The van der Waals surface area contributed by atoms with Gasteiger partial charge in [-0.3, -0.25) is 28.7 Å². The average Bonchev–Trinajstić information content (AvgIpc) is 3.55. The first-order valence-corrected chi connectivity index (χ1v) is 12.0. The monoisotopic (exact) mass is 570 g/mol. The number of aryl methyl sites for hydroxylation is 3. The summed E-state index contributed by atoms with van der Waals surface area (Å²) in [7, 11) is 1.43. The first kappa shape index (κ1) is 27.4. The second kappa shape index (κ2) is 10.1. The minimum absolute atomic E-state index is 0.0276. The quantitative estimate of drug-likeness (QED) is 0.319. The number of halogens is 3. The third-order valence-electron chi connectivity index (χ3n) is 6.30. The zero-order chi connectivity index (χ0) is 29.6. The molecule has 1 N–H and O–H groups in total. The van der Waals surface area contributed by atoms with Crippen LogP contribution in [0.15, 0.2) is 45.1 Å². The summed E-state index contributed by atoms with van der Waals surface area (Å²) in [5, 5.41) is 6.27. The van der Waals surface area contributed by atoms with Crippen molar-refractivity contribution in [1.82, 2.24) is 43.8 Å². The maximum absolute atomic E-state index is 13.4. The predicted octanol–water partition coefficient (Wildman–Crippen LogP) is 2.02. The van der Waals surface area contributed by atoms with Crippen LogP contribution < -0.4 is 16.6 Å². The first-order chi connectivity index (χ1) is 19.3. The minimum atomic E-state index is -4.61. The van der Waals surface area contributed by atoms with Gasteiger partial charge >= 0.3 is 11.9 Å². The summed E-state index contributed by atoms with van der Waals surface area (Å²) >= 11 is 0. The van der Waals surface area contributed by atoms with E-state index >= 15 is 0 Å². The van der Waals surface area contributed by atoms with Crippen molar-refractivity contribution >= 4 is 22.9 Å². The van der Waals surface area contributed by atoms with Crippen LogP contribution in [0.1, 0.15) is 35.9 Å². The van der Waals surface area contributed by atoms with Gasteiger partial charge in [-0.15, -0.1) is 0 Å². The number of rotatable bonds is 6. The Morgan fingerprint density at radius 1 is 1.12 bits per heavy atom. The largest absolute Gasteiger partial charge is 0.418 e. The van der Waals surface area contributed by atoms with Gasteiger partial charge in [-0.2, -0.15) is 18.2 Å². The molecular formula is C24H21F3N10O4. The van der Waals surface area contributed by atoms with Crippen LogP contribution in [0.5, 0.6) is 0 Å². The van der Waals surface area contributed by atoms with Crippen molar-refractivity contribution in [3.63, 3.8) is 0 Å². The second-order valence-electron chi connectivity index (χ2n) is 9.10. The van der Waals surface area contributed by atoms with Crippen LogP contribution in [0.4, 0.5) is 19.0 Å². The third-order valence-corrected chi connectivity index (χ3v) is 6.30. The molecule has 0 aliphatic rings. The van der Waals surface area contributed by atoms with E-state index in [1.54, 1.807) is 6.92 Å². The molecule has 1 atom stereocenters. The molecule has 17 heteroatoms. The highest BCUT2D eigenvalue weighted by molar-refractivity contribution is 5.93. The fraction of sp³-hybridized carbons (Fsp3) is 0.292. The number of carbonyl (C=O) groups is 1. The molecule has 212 valence electrons. The van der Waals surface area contributed by atoms with Gasteiger partial charge in [0.2, 0.25) is 11.8 Å². The van der Waals surface area contributed by atoms with Gasteiger partial charge in [0.15, 0.2) is 22.8 Å². The first-order valence-electron chi connectivity index (χ1n) is 12.0. The standard InChI is InChI=1S/C24H21F3N10O4/c1-11-15(24(25,26)27)5-14(6-29-11)16-7-28-8-17(32-16)33-21(38)12(2)37-10-30-20-19(37)22(39)36(23(40)35(20)4)9-18-31-13(3)41-34-18/h5-8,10,12H,9H2,1-4H3,(H,32,33,38)/t12-/m0/s1. The molecule has 14 nitrogen and oxygen atoms in total. The fourth-order valence-corrected chi connectivity index (χ4v) is 4.15. The lowest BCUT2D eigenvalue weighted by atomic mass is 10.1. The number of imidazole rings is 1. The molecule has 5 rings (SSSR count). The van der Waals surface area contributed by atoms with Crippen molar-refractivity contribution in [2.24, 2.45) is 7.05 Å². The van der Waals surface area contributed by atoms with Crippen LogP contribution in [-0.2, 0) is 24.6 Å². The van der Waals surface area contributed by atoms with E-state index in [9.17, 15) is 27.6 Å². The molecule has 1 amide bonds. The van der Waals surface area contributed by atoms with E-state index in [0.29, 0.717) is 0 Å². The molecule has 0 saturated heterocycles. The van der Waals surface area contributed by atoms with Crippen LogP contribution in [0, 0.1) is 13.8 Å². The highest BCUT2D eigenvalue weighted by Gasteiger charge is 2.33. The number of carbonyl (C=O) groups excluding carboxylic acids is 1. The van der Waals surface area contributed by atoms with E-state index in [1.807, 2.05) is 0 Å². The number of aromatic nitrogens is 9. The predicted molar refractivity (Wildman–Crippen MR) is 136 cm³/mol. The van der Waals surface area contributed by atoms with Crippen molar-refractivity contribution in [2.75, 3.05) is 5.32 Å². The van der Waals surface area contributed by atoms with E-state index in [2.05, 4.69) is 35.4 Å². The zero-order valence-corrected chi connectivity index (χ0v) is 22.0. The van der Waals surface area contributed by atoms with Gasteiger partial charge in [0.1, 0.15) is 6.04 Å². The number of alkyl halides is 3. The van der Waals surface area contributed by atoms with Crippen molar-refractivity contribution < 1.29 is 22.5 Å². The second-order valence-corrected chi connectivity index (χ2v) is 9.10. The number of anilines is 1. The van der Waals surface area contributed by atoms with Crippen LogP contribution in [-0.4, -0.2) is 49.7 Å². The Labute approximate surface area is 227 Å². The normalized spacial score (nSPS) is 12.6. The molecule has 0 bridgehead atoms. The van der Waals surface area contributed by atoms with Crippen molar-refractivity contribution in [2.45, 2.75) is 39.5 Å². The molecule has 5 heterocycles. The Morgan fingerprint density at radius 3 is 2.56 bits per heavy atom. The number of amides is 1. The lowest BCUT2D eigenvalue weighted by Gasteiger charge is -2.15. The average molecular weight is 570 g/mol. The van der Waals surface area contributed by atoms with E-state index < -0.39 is 34.9 Å². The molecule has 0 fully saturated rings. The summed E-state index contributed by atoms with van der Waals surface area (Å²) in [5.41, 5.74) is -2.37. The Balaban J connectivity index is 1.45. The number of fused-ring (bicyclic) bond motifs is 1. The van der Waals surface area contributed by atoms with Gasteiger partial charge in [-0.1, -0.05) is 5.16 Å². The maximum Gasteiger partial charge on any atom is 0.418 e. The summed E-state index contributed by atoms with van der Waals surface area (Å²) < 4.78 is 48.3. The Bertz CT molecular complexity index is 1920. The number of pyridine rings is 1. The highest BCUT2D eigenvalue weighted by atomic mass is 19.4. The van der Waals surface area contributed by atoms with Gasteiger partial charge in [-0.05, 0) is 19.9 Å². The smallest absolute Gasteiger partial charge is 0.340 e. The zero-order valence-electron chi connectivity index (χ0n) is 22.0. The molecule has 0 aromatic carbocycles. The molecule has 5 aromatic rings. The molecule has 0 aliphatic heterocycles. The summed E-state index contributed by atoms with van der Waals surface area (Å²) in [6.07, 6.45) is 0.323. The van der Waals surface area contributed by atoms with Crippen LogP contribution in [0.2, 0.25) is 0 Å². The van der Waals surface area contributed by atoms with E-state index in [0.717, 1.165) is 15.2 Å². The van der Waals surface area contributed by atoms with Crippen molar-refractivity contribution in [1.29, 1.82) is 0 Å².